The first-order valence-electron chi connectivity index (χ1n) is 26.3. The van der Waals surface area contributed by atoms with Crippen LogP contribution in [-0.2, 0) is 35.3 Å². The molecule has 0 unspecified atom stereocenters. The number of fused-ring (bicyclic) bond motifs is 16. The summed E-state index contributed by atoms with van der Waals surface area (Å²) in [7, 11) is 0. The highest BCUT2D eigenvalue weighted by Crippen LogP contribution is 2.40. The normalized spacial score (nSPS) is 14.4. The molecule has 6 aromatic rings. The molecule has 0 amide bonds. The van der Waals surface area contributed by atoms with Gasteiger partial charge in [0.1, 0.15) is 0 Å². The highest BCUT2D eigenvalue weighted by Gasteiger charge is 2.28. The second kappa shape index (κ2) is 19.1. The van der Waals surface area contributed by atoms with Gasteiger partial charge in [-0.05, 0) is 178 Å². The van der Waals surface area contributed by atoms with Gasteiger partial charge in [-0.2, -0.15) is 0 Å². The van der Waals surface area contributed by atoms with Crippen molar-refractivity contribution in [1.82, 2.24) is 39.9 Å². The Morgan fingerprint density at radius 3 is 1.36 bits per heavy atom. The fraction of sp³-hybridized carbons (Fsp3) is 0.281. The topological polar surface area (TPSA) is 149 Å². The lowest BCUT2D eigenvalue weighted by Crippen LogP contribution is -2.20. The molecule has 4 aliphatic heterocycles. The molecule has 5 aliphatic rings. The van der Waals surface area contributed by atoms with E-state index in [0.717, 1.165) is 137 Å². The van der Waals surface area contributed by atoms with Gasteiger partial charge in [0.15, 0.2) is 0 Å². The van der Waals surface area contributed by atoms with E-state index in [1.165, 1.54) is 11.1 Å². The summed E-state index contributed by atoms with van der Waals surface area (Å²) in [5, 5.41) is 0. The highest BCUT2D eigenvalue weighted by atomic mass is 16.2. The number of H-pyrrole nitrogens is 4. The molecule has 0 radical (unpaired) electrons. The summed E-state index contributed by atoms with van der Waals surface area (Å²) in [5.41, 5.74) is 23.4. The van der Waals surface area contributed by atoms with Crippen LogP contribution in [0, 0.1) is 23.7 Å². The molecule has 0 fully saturated rings. The first kappa shape index (κ1) is 48.3. The molecular formula is C64H64N8O2. The lowest BCUT2D eigenvalue weighted by atomic mass is 9.87. The number of hydrogen-bond donors (Lipinski definition) is 4. The first-order valence-corrected chi connectivity index (χ1v) is 26.3. The van der Waals surface area contributed by atoms with Gasteiger partial charge in [-0.1, -0.05) is 55.4 Å². The summed E-state index contributed by atoms with van der Waals surface area (Å²) in [6.07, 6.45) is 22.1. The average Bonchev–Trinajstić information content (AvgIpc) is 4.21. The number of nitrogens with one attached hydrogen (secondary N) is 4. The van der Waals surface area contributed by atoms with Crippen molar-refractivity contribution in [2.45, 2.75) is 94.9 Å². The van der Waals surface area contributed by atoms with Gasteiger partial charge in [0, 0.05) is 88.7 Å². The van der Waals surface area contributed by atoms with Crippen molar-refractivity contribution in [2.75, 3.05) is 0 Å². The average molecular weight is 977 g/mol. The maximum absolute atomic E-state index is 13.2. The minimum absolute atomic E-state index is 0.312. The number of ketones is 2. The van der Waals surface area contributed by atoms with Crippen molar-refractivity contribution < 1.29 is 9.59 Å². The molecule has 372 valence electrons. The van der Waals surface area contributed by atoms with E-state index in [-0.39, 0.29) is 0 Å². The van der Waals surface area contributed by atoms with Crippen molar-refractivity contribution in [3.8, 4) is 11.1 Å². The fourth-order valence-corrected chi connectivity index (χ4v) is 11.0. The predicted octanol–water partition coefficient (Wildman–Crippen LogP) is 15.0. The van der Waals surface area contributed by atoms with Gasteiger partial charge in [0.05, 0.1) is 51.1 Å². The number of carbonyl (C=O) groups is 2. The maximum atomic E-state index is 13.2. The zero-order valence-corrected chi connectivity index (χ0v) is 44.1. The molecule has 10 heteroatoms. The number of allylic oxidation sites excluding steroid dienone is 4. The van der Waals surface area contributed by atoms with Crippen LogP contribution in [0.1, 0.15) is 143 Å². The Hall–Kier alpha value is -7.98. The Labute approximate surface area is 432 Å². The van der Waals surface area contributed by atoms with Crippen LogP contribution in [0.15, 0.2) is 71.8 Å². The van der Waals surface area contributed by atoms with Crippen molar-refractivity contribution in [2.24, 2.45) is 23.7 Å². The number of hydrogen-bond acceptors (Lipinski definition) is 6. The van der Waals surface area contributed by atoms with E-state index in [1.54, 1.807) is 13.8 Å². The maximum Gasteiger partial charge on any atom is 0.229 e. The summed E-state index contributed by atoms with van der Waals surface area (Å²) < 4.78 is 0. The van der Waals surface area contributed by atoms with E-state index >= 15 is 0 Å². The van der Waals surface area contributed by atoms with Crippen LogP contribution >= 0.6 is 0 Å². The van der Waals surface area contributed by atoms with E-state index < -0.39 is 11.6 Å². The van der Waals surface area contributed by atoms with Crippen molar-refractivity contribution in [3.05, 3.63) is 145 Å². The second-order valence-corrected chi connectivity index (χ2v) is 22.2. The smallest absolute Gasteiger partial charge is 0.229 e. The molecule has 0 saturated carbocycles. The summed E-state index contributed by atoms with van der Waals surface area (Å²) in [6.45, 7) is 21.6. The van der Waals surface area contributed by atoms with Gasteiger partial charge in [0.25, 0.3) is 0 Å². The summed E-state index contributed by atoms with van der Waals surface area (Å²) in [4.78, 5) is 63.1. The lowest BCUT2D eigenvalue weighted by Gasteiger charge is -2.15. The van der Waals surface area contributed by atoms with Crippen LogP contribution < -0.4 is 0 Å². The Morgan fingerprint density at radius 1 is 0.419 bits per heavy atom. The van der Waals surface area contributed by atoms with E-state index in [2.05, 4.69) is 142 Å². The molecule has 4 N–H and O–H groups in total. The second-order valence-electron chi connectivity index (χ2n) is 22.2. The van der Waals surface area contributed by atoms with Gasteiger partial charge in [-0.3, -0.25) is 9.59 Å². The molecule has 0 atom stereocenters. The third-order valence-corrected chi connectivity index (χ3v) is 14.4. The minimum atomic E-state index is -0.497. The molecule has 74 heavy (non-hydrogen) atoms. The number of aromatic amines is 4. The quantitative estimate of drug-likeness (QED) is 0.0792. The number of carbonyl (C=O) groups excluding carboxylic acids is 2. The van der Waals surface area contributed by atoms with Gasteiger partial charge in [-0.15, -0.1) is 0 Å². The molecule has 16 bridgehead atoms. The Balaban J connectivity index is 1.26. The van der Waals surface area contributed by atoms with Crippen LogP contribution in [0.5, 0.6) is 0 Å². The van der Waals surface area contributed by atoms with Crippen molar-refractivity contribution >= 4 is 110 Å². The number of aromatic nitrogens is 8. The highest BCUT2D eigenvalue weighted by molar-refractivity contribution is 6.51. The lowest BCUT2D eigenvalue weighted by molar-refractivity contribution is -0.132. The van der Waals surface area contributed by atoms with Crippen LogP contribution in [0.2, 0.25) is 0 Å². The molecule has 1 aliphatic carbocycles. The summed E-state index contributed by atoms with van der Waals surface area (Å²) in [6, 6.07) is 19.2. The third-order valence-electron chi connectivity index (χ3n) is 14.4. The van der Waals surface area contributed by atoms with E-state index in [4.69, 9.17) is 19.9 Å². The van der Waals surface area contributed by atoms with Gasteiger partial charge < -0.3 is 19.9 Å². The SMILES string of the molecule is CC1=CC(c2c3nc(cc4ccc([nH]4)c(-c4cc5[nH]c4c(CC(C)C)c4nc(c(CC(C)C)c6ccc([nH]6)c(CC(C)C)c6nc(c5CC(C)C)C=C6)C=C4)c4nc(cc5ccc2[nH]5)C=C4)C=C3)=C(C)C(=O)C1=O. The van der Waals surface area contributed by atoms with E-state index in [9.17, 15) is 9.59 Å². The predicted molar refractivity (Wildman–Crippen MR) is 307 cm³/mol. The van der Waals surface area contributed by atoms with Gasteiger partial charge in [-0.25, -0.2) is 19.9 Å². The zero-order valence-electron chi connectivity index (χ0n) is 44.1. The third kappa shape index (κ3) is 9.11. The Bertz CT molecular complexity index is 3920. The Morgan fingerprint density at radius 2 is 0.851 bits per heavy atom. The largest absolute Gasteiger partial charge is 0.355 e. The summed E-state index contributed by atoms with van der Waals surface area (Å²) >= 11 is 0. The molecule has 0 saturated heterocycles. The van der Waals surface area contributed by atoms with Crippen LogP contribution in [-0.4, -0.2) is 51.4 Å². The number of nitrogens with zero attached hydrogens (tertiary/aromatic N) is 4. The van der Waals surface area contributed by atoms with Crippen LogP contribution in [0.4, 0.5) is 0 Å². The monoisotopic (exact) mass is 977 g/mol. The van der Waals surface area contributed by atoms with Crippen LogP contribution in [0.3, 0.4) is 0 Å². The molecule has 11 rings (SSSR count). The zero-order chi connectivity index (χ0) is 51.7. The number of rotatable bonds is 10. The van der Waals surface area contributed by atoms with Gasteiger partial charge in [0.2, 0.25) is 11.6 Å². The summed E-state index contributed by atoms with van der Waals surface area (Å²) in [5.74, 6) is 0.514. The van der Waals surface area contributed by atoms with Crippen LogP contribution in [0.25, 0.3) is 109 Å². The molecule has 0 spiro atoms. The number of Topliss-reactive ketones (excluding diaryl/α,β-unsaturated/α-hetero) is 2. The molecular weight excluding hydrogens is 913 g/mol. The molecule has 10 heterocycles. The first-order chi connectivity index (χ1) is 35.5. The molecule has 10 nitrogen and oxygen atoms in total. The van der Waals surface area contributed by atoms with Gasteiger partial charge >= 0.3 is 0 Å². The Kier molecular flexibility index (Phi) is 12.5. The van der Waals surface area contributed by atoms with Crippen molar-refractivity contribution in [3.63, 3.8) is 0 Å². The minimum Gasteiger partial charge on any atom is -0.355 e. The standard InChI is InChI=1S/C64H64N8O2/c1-33(2)25-44-49-19-20-50(69-49)45(26-34(3)4)52-23-24-54(71-52)47(28-36(7)8)62-48(32-59(72-62)46(27-35(5)6)53-22-21-51(44)70-53)61-57-17-13-41(67-57)30-39-11-15-55(65-39)60(43-29-37(9)63(73)64(74)38(43)10)56-16-12-40(66-56)31-42-14-18-58(61)68-42/h11-24,29-36,65,68-69,72H,25-28H2,1-10H3. The van der Waals surface area contributed by atoms with E-state index in [0.29, 0.717) is 46.1 Å². The van der Waals surface area contributed by atoms with E-state index in [1.807, 2.05) is 42.5 Å². The van der Waals surface area contributed by atoms with Crippen molar-refractivity contribution in [1.29, 1.82) is 0 Å². The molecule has 0 aromatic carbocycles. The molecule has 6 aromatic heterocycles. The fourth-order valence-electron chi connectivity index (χ4n) is 11.0.